The predicted molar refractivity (Wildman–Crippen MR) is 83.5 cm³/mol. The van der Waals surface area contributed by atoms with Gasteiger partial charge in [0.25, 0.3) is 9.05 Å². The van der Waals surface area contributed by atoms with Gasteiger partial charge in [-0.3, -0.25) is 0 Å². The molecule has 1 heterocycles. The molecule has 0 aliphatic carbocycles. The molecule has 1 N–H and O–H groups in total. The zero-order chi connectivity index (χ0) is 15.6. The van der Waals surface area contributed by atoms with E-state index in [0.29, 0.717) is 5.69 Å². The first-order chi connectivity index (χ1) is 9.79. The zero-order valence-electron chi connectivity index (χ0n) is 11.5. The van der Waals surface area contributed by atoms with Crippen molar-refractivity contribution >= 4 is 43.1 Å². The highest BCUT2D eigenvalue weighted by molar-refractivity contribution is 8.13. The van der Waals surface area contributed by atoms with Crippen molar-refractivity contribution in [1.29, 1.82) is 0 Å². The molecule has 1 aliphatic rings. The summed E-state index contributed by atoms with van der Waals surface area (Å²) in [5.74, 6) is 0. The van der Waals surface area contributed by atoms with Crippen LogP contribution >= 0.6 is 22.3 Å². The van der Waals surface area contributed by atoms with Crippen molar-refractivity contribution in [3.05, 3.63) is 23.2 Å². The van der Waals surface area contributed by atoms with Crippen LogP contribution in [0.2, 0.25) is 5.02 Å². The van der Waals surface area contributed by atoms with Crippen LogP contribution in [0.4, 0.5) is 10.5 Å². The van der Waals surface area contributed by atoms with Gasteiger partial charge in [-0.05, 0) is 44.4 Å². The van der Waals surface area contributed by atoms with E-state index in [4.69, 9.17) is 22.3 Å². The minimum Gasteiger partial charge on any atom is -0.322 e. The van der Waals surface area contributed by atoms with Crippen molar-refractivity contribution in [3.8, 4) is 0 Å². The number of carbonyl (C=O) groups is 1. The Balaban J connectivity index is 2.13. The number of hydrogen-bond donors (Lipinski definition) is 1. The number of nitrogens with one attached hydrogen (secondary N) is 1. The monoisotopic (exact) mass is 350 g/mol. The van der Waals surface area contributed by atoms with E-state index in [9.17, 15) is 13.2 Å². The van der Waals surface area contributed by atoms with E-state index in [-0.39, 0.29) is 22.0 Å². The Hall–Kier alpha value is -0.980. The van der Waals surface area contributed by atoms with Crippen LogP contribution < -0.4 is 5.32 Å². The number of hydrogen-bond acceptors (Lipinski definition) is 3. The topological polar surface area (TPSA) is 66.5 Å². The number of carbonyl (C=O) groups excluding carboxylic acids is 1. The summed E-state index contributed by atoms with van der Waals surface area (Å²) < 4.78 is 22.5. The summed E-state index contributed by atoms with van der Waals surface area (Å²) in [6, 6.07) is 4.10. The fourth-order valence-electron chi connectivity index (χ4n) is 2.37. The average molecular weight is 351 g/mol. The third kappa shape index (κ3) is 4.02. The summed E-state index contributed by atoms with van der Waals surface area (Å²) in [4.78, 5) is 13.8. The molecule has 8 heteroatoms. The smallest absolute Gasteiger partial charge is 0.322 e. The lowest BCUT2D eigenvalue weighted by atomic mass is 10.0. The van der Waals surface area contributed by atoms with E-state index in [2.05, 4.69) is 5.32 Å². The fraction of sp³-hybridized carbons (Fsp3) is 0.462. The summed E-state index contributed by atoms with van der Waals surface area (Å²) in [5.41, 5.74) is 0.437. The molecule has 1 unspecified atom stereocenters. The van der Waals surface area contributed by atoms with Gasteiger partial charge < -0.3 is 10.2 Å². The second-order valence-corrected chi connectivity index (χ2v) is 7.99. The normalized spacial score (nSPS) is 19.4. The van der Waals surface area contributed by atoms with Crippen LogP contribution in [-0.4, -0.2) is 31.9 Å². The fourth-order valence-corrected chi connectivity index (χ4v) is 3.90. The number of nitrogens with zero attached hydrogens (tertiary/aromatic N) is 1. The lowest BCUT2D eigenvalue weighted by Crippen LogP contribution is -2.44. The van der Waals surface area contributed by atoms with Gasteiger partial charge in [0.05, 0.1) is 5.02 Å². The molecule has 116 valence electrons. The molecule has 0 saturated carbocycles. The van der Waals surface area contributed by atoms with E-state index < -0.39 is 9.05 Å². The molecule has 21 heavy (non-hydrogen) atoms. The largest absolute Gasteiger partial charge is 0.322 e. The lowest BCUT2D eigenvalue weighted by molar-refractivity contribution is 0.170. The van der Waals surface area contributed by atoms with Crippen molar-refractivity contribution in [2.45, 2.75) is 37.1 Å². The summed E-state index contributed by atoms with van der Waals surface area (Å²) >= 11 is 5.88. The Kier molecular flexibility index (Phi) is 5.01. The molecule has 1 fully saturated rings. The van der Waals surface area contributed by atoms with Crippen LogP contribution in [0.5, 0.6) is 0 Å². The Bertz CT molecular complexity index is 649. The molecular weight excluding hydrogens is 335 g/mol. The number of likely N-dealkylation sites (tertiary alicyclic amines) is 1. The SMILES string of the molecule is CC1CCCCN1C(=O)Nc1ccc(S(=O)(=O)Cl)c(Cl)c1. The summed E-state index contributed by atoms with van der Waals surface area (Å²) in [6.07, 6.45) is 3.10. The first-order valence-corrected chi connectivity index (χ1v) is 9.29. The Morgan fingerprint density at radius 1 is 1.38 bits per heavy atom. The molecule has 1 saturated heterocycles. The van der Waals surface area contributed by atoms with Crippen molar-refractivity contribution in [1.82, 2.24) is 4.90 Å². The molecule has 0 radical (unpaired) electrons. The van der Waals surface area contributed by atoms with Gasteiger partial charge >= 0.3 is 6.03 Å². The minimum atomic E-state index is -3.89. The average Bonchev–Trinajstić information content (AvgIpc) is 2.37. The number of halogens is 2. The number of benzene rings is 1. The van der Waals surface area contributed by atoms with Crippen molar-refractivity contribution in [2.75, 3.05) is 11.9 Å². The molecule has 2 rings (SSSR count). The molecule has 0 bridgehead atoms. The highest BCUT2D eigenvalue weighted by Crippen LogP contribution is 2.28. The molecule has 1 atom stereocenters. The van der Waals surface area contributed by atoms with Gasteiger partial charge in [0.15, 0.2) is 0 Å². The van der Waals surface area contributed by atoms with Gasteiger partial charge in [-0.2, -0.15) is 0 Å². The van der Waals surface area contributed by atoms with Gasteiger partial charge in [0.1, 0.15) is 4.90 Å². The van der Waals surface area contributed by atoms with Gasteiger partial charge in [-0.25, -0.2) is 13.2 Å². The maximum absolute atomic E-state index is 12.2. The van der Waals surface area contributed by atoms with E-state index in [1.54, 1.807) is 4.90 Å². The van der Waals surface area contributed by atoms with Crippen LogP contribution in [0.15, 0.2) is 23.1 Å². The van der Waals surface area contributed by atoms with Crippen LogP contribution in [0.25, 0.3) is 0 Å². The summed E-state index contributed by atoms with van der Waals surface area (Å²) in [7, 11) is 1.36. The number of urea groups is 1. The van der Waals surface area contributed by atoms with Crippen LogP contribution in [0, 0.1) is 0 Å². The third-order valence-corrected chi connectivity index (χ3v) is 5.31. The number of rotatable bonds is 2. The molecular formula is C13H16Cl2N2O3S. The molecule has 1 aromatic carbocycles. The van der Waals surface area contributed by atoms with E-state index in [1.807, 2.05) is 6.92 Å². The third-order valence-electron chi connectivity index (χ3n) is 3.51. The van der Waals surface area contributed by atoms with Crippen LogP contribution in [0.3, 0.4) is 0 Å². The van der Waals surface area contributed by atoms with Crippen LogP contribution in [-0.2, 0) is 9.05 Å². The predicted octanol–water partition coefficient (Wildman–Crippen LogP) is 3.67. The van der Waals surface area contributed by atoms with E-state index in [0.717, 1.165) is 25.8 Å². The van der Waals surface area contributed by atoms with Crippen molar-refractivity contribution in [2.24, 2.45) is 0 Å². The molecule has 5 nitrogen and oxygen atoms in total. The number of anilines is 1. The Labute approximate surface area is 133 Å². The first-order valence-electron chi connectivity index (χ1n) is 6.61. The summed E-state index contributed by atoms with van der Waals surface area (Å²) in [6.45, 7) is 2.73. The molecule has 2 amide bonds. The second-order valence-electron chi connectivity index (χ2n) is 5.05. The molecule has 0 aromatic heterocycles. The van der Waals surface area contributed by atoms with Crippen molar-refractivity contribution in [3.63, 3.8) is 0 Å². The van der Waals surface area contributed by atoms with Gasteiger partial charge in [0, 0.05) is 29.0 Å². The minimum absolute atomic E-state index is 0.0190. The molecule has 0 spiro atoms. The van der Waals surface area contributed by atoms with E-state index >= 15 is 0 Å². The second kappa shape index (κ2) is 6.42. The summed E-state index contributed by atoms with van der Waals surface area (Å²) in [5, 5.41) is 2.71. The Morgan fingerprint density at radius 3 is 2.67 bits per heavy atom. The van der Waals surface area contributed by atoms with Gasteiger partial charge in [0.2, 0.25) is 0 Å². The Morgan fingerprint density at radius 2 is 2.10 bits per heavy atom. The zero-order valence-corrected chi connectivity index (χ0v) is 13.8. The van der Waals surface area contributed by atoms with Gasteiger partial charge in [-0.1, -0.05) is 11.6 Å². The van der Waals surface area contributed by atoms with Gasteiger partial charge in [-0.15, -0.1) is 0 Å². The number of amides is 2. The maximum atomic E-state index is 12.2. The van der Waals surface area contributed by atoms with E-state index in [1.165, 1.54) is 18.2 Å². The lowest BCUT2D eigenvalue weighted by Gasteiger charge is -2.33. The highest BCUT2D eigenvalue weighted by Gasteiger charge is 2.23. The first kappa shape index (κ1) is 16.4. The number of piperidine rings is 1. The standard InChI is InChI=1S/C13H16Cl2N2O3S/c1-9-4-2-3-7-17(9)13(18)16-10-5-6-12(11(14)8-10)21(15,19)20/h5-6,8-9H,2-4,7H2,1H3,(H,16,18). The molecule has 1 aromatic rings. The highest BCUT2D eigenvalue weighted by atomic mass is 35.7. The van der Waals surface area contributed by atoms with Crippen LogP contribution in [0.1, 0.15) is 26.2 Å². The van der Waals surface area contributed by atoms with Crippen molar-refractivity contribution < 1.29 is 13.2 Å². The molecule has 1 aliphatic heterocycles. The quantitative estimate of drug-likeness (QED) is 0.827. The maximum Gasteiger partial charge on any atom is 0.322 e.